The van der Waals surface area contributed by atoms with Crippen LogP contribution in [0.4, 0.5) is 0 Å². The summed E-state index contributed by atoms with van der Waals surface area (Å²) in [5.41, 5.74) is -0.524. The van der Waals surface area contributed by atoms with Crippen LogP contribution in [0.25, 0.3) is 0 Å². The molecule has 0 radical (unpaired) electrons. The van der Waals surface area contributed by atoms with Crippen molar-refractivity contribution in [1.29, 1.82) is 0 Å². The number of methoxy groups -OCH3 is 3. The molecule has 110 valence electrons. The fourth-order valence-corrected chi connectivity index (χ4v) is 2.83. The van der Waals surface area contributed by atoms with Gasteiger partial charge in [0.1, 0.15) is 5.60 Å². The van der Waals surface area contributed by atoms with Crippen molar-refractivity contribution in [2.24, 2.45) is 5.92 Å². The van der Waals surface area contributed by atoms with Crippen LogP contribution < -0.4 is 0 Å². The predicted molar refractivity (Wildman–Crippen MR) is 74.8 cm³/mol. The zero-order chi connectivity index (χ0) is 14.3. The SMILES string of the molecule is C=CCC1CCC(CC=C)(C(OC)OC)OC1OC. The summed E-state index contributed by atoms with van der Waals surface area (Å²) in [5, 5.41) is 0. The van der Waals surface area contributed by atoms with Crippen LogP contribution in [0, 0.1) is 5.92 Å². The summed E-state index contributed by atoms with van der Waals surface area (Å²) in [7, 11) is 4.92. The molecule has 1 fully saturated rings. The van der Waals surface area contributed by atoms with E-state index < -0.39 is 11.9 Å². The average Bonchev–Trinajstić information content (AvgIpc) is 2.42. The third-order valence-corrected chi connectivity index (χ3v) is 3.72. The number of allylic oxidation sites excluding steroid dienone is 1. The second-order valence-electron chi connectivity index (χ2n) is 4.91. The molecular formula is C15H26O4. The van der Waals surface area contributed by atoms with Crippen molar-refractivity contribution in [2.75, 3.05) is 21.3 Å². The molecule has 0 bridgehead atoms. The Morgan fingerprint density at radius 3 is 2.42 bits per heavy atom. The van der Waals surface area contributed by atoms with E-state index in [0.717, 1.165) is 19.3 Å². The van der Waals surface area contributed by atoms with Gasteiger partial charge in [-0.05, 0) is 25.7 Å². The van der Waals surface area contributed by atoms with Gasteiger partial charge in [-0.2, -0.15) is 0 Å². The molecule has 1 aliphatic heterocycles. The van der Waals surface area contributed by atoms with Gasteiger partial charge in [0.25, 0.3) is 0 Å². The standard InChI is InChI=1S/C15H26O4/c1-6-8-12-9-11-15(10-7-2,14(17-4)18-5)19-13(12)16-3/h6-7,12-14H,1-2,8-11H2,3-5H3. The van der Waals surface area contributed by atoms with Crippen molar-refractivity contribution in [3.63, 3.8) is 0 Å². The molecule has 4 heteroatoms. The molecule has 0 aliphatic carbocycles. The highest BCUT2D eigenvalue weighted by Crippen LogP contribution is 2.40. The van der Waals surface area contributed by atoms with Crippen LogP contribution in [0.1, 0.15) is 25.7 Å². The topological polar surface area (TPSA) is 36.9 Å². The van der Waals surface area contributed by atoms with Crippen molar-refractivity contribution >= 4 is 0 Å². The molecule has 0 aromatic rings. The molecular weight excluding hydrogens is 244 g/mol. The fraction of sp³-hybridized carbons (Fsp3) is 0.733. The van der Waals surface area contributed by atoms with Gasteiger partial charge in [0.05, 0.1) is 0 Å². The van der Waals surface area contributed by atoms with Crippen molar-refractivity contribution in [3.8, 4) is 0 Å². The van der Waals surface area contributed by atoms with Crippen molar-refractivity contribution in [3.05, 3.63) is 25.3 Å². The highest BCUT2D eigenvalue weighted by Gasteiger charge is 2.47. The summed E-state index contributed by atoms with van der Waals surface area (Å²) in [4.78, 5) is 0. The summed E-state index contributed by atoms with van der Waals surface area (Å²) < 4.78 is 22.5. The van der Waals surface area contributed by atoms with Gasteiger partial charge >= 0.3 is 0 Å². The van der Waals surface area contributed by atoms with Gasteiger partial charge in [-0.3, -0.25) is 0 Å². The Kier molecular flexibility index (Phi) is 6.72. The molecule has 1 aliphatic rings. The van der Waals surface area contributed by atoms with Gasteiger partial charge < -0.3 is 18.9 Å². The second kappa shape index (κ2) is 7.80. The lowest BCUT2D eigenvalue weighted by Gasteiger charge is -2.46. The van der Waals surface area contributed by atoms with Crippen molar-refractivity contribution in [1.82, 2.24) is 0 Å². The van der Waals surface area contributed by atoms with E-state index in [9.17, 15) is 0 Å². The first-order valence-corrected chi connectivity index (χ1v) is 6.65. The first-order valence-electron chi connectivity index (χ1n) is 6.65. The summed E-state index contributed by atoms with van der Waals surface area (Å²) in [6.45, 7) is 7.60. The van der Waals surface area contributed by atoms with Crippen LogP contribution >= 0.6 is 0 Å². The average molecular weight is 270 g/mol. The molecule has 0 spiro atoms. The number of rotatable bonds is 8. The van der Waals surface area contributed by atoms with Gasteiger partial charge in [0, 0.05) is 27.2 Å². The smallest absolute Gasteiger partial charge is 0.186 e. The van der Waals surface area contributed by atoms with E-state index in [1.54, 1.807) is 21.3 Å². The van der Waals surface area contributed by atoms with Gasteiger partial charge in [0.2, 0.25) is 0 Å². The maximum absolute atomic E-state index is 6.18. The summed E-state index contributed by atoms with van der Waals surface area (Å²) in [6, 6.07) is 0. The maximum Gasteiger partial charge on any atom is 0.186 e. The minimum Gasteiger partial charge on any atom is -0.356 e. The predicted octanol–water partition coefficient (Wildman–Crippen LogP) is 2.90. The molecule has 0 saturated carbocycles. The molecule has 3 atom stereocenters. The normalized spacial score (nSPS) is 31.4. The van der Waals surface area contributed by atoms with E-state index in [2.05, 4.69) is 13.2 Å². The Balaban J connectivity index is 2.89. The lowest BCUT2D eigenvalue weighted by Crippen LogP contribution is -2.54. The van der Waals surface area contributed by atoms with Gasteiger partial charge in [0.15, 0.2) is 12.6 Å². The molecule has 1 heterocycles. The Bertz CT molecular complexity index is 288. The Hall–Kier alpha value is -0.680. The van der Waals surface area contributed by atoms with Crippen LogP contribution in [0.5, 0.6) is 0 Å². The van der Waals surface area contributed by atoms with Crippen LogP contribution in [-0.4, -0.2) is 39.5 Å². The zero-order valence-corrected chi connectivity index (χ0v) is 12.3. The first-order chi connectivity index (χ1) is 9.17. The molecule has 1 saturated heterocycles. The van der Waals surface area contributed by atoms with E-state index in [0.29, 0.717) is 12.3 Å². The summed E-state index contributed by atoms with van der Waals surface area (Å²) in [6.07, 6.45) is 6.45. The summed E-state index contributed by atoms with van der Waals surface area (Å²) in [5.74, 6) is 0.329. The molecule has 0 aromatic carbocycles. The van der Waals surface area contributed by atoms with E-state index in [1.807, 2.05) is 12.2 Å². The molecule has 0 aromatic heterocycles. The number of hydrogen-bond donors (Lipinski definition) is 0. The first kappa shape index (κ1) is 16.4. The third-order valence-electron chi connectivity index (χ3n) is 3.72. The number of hydrogen-bond acceptors (Lipinski definition) is 4. The molecule has 19 heavy (non-hydrogen) atoms. The van der Waals surface area contributed by atoms with Crippen LogP contribution in [0.2, 0.25) is 0 Å². The molecule has 4 nitrogen and oxygen atoms in total. The molecule has 0 N–H and O–H groups in total. The highest BCUT2D eigenvalue weighted by atomic mass is 16.7. The van der Waals surface area contributed by atoms with E-state index in [4.69, 9.17) is 18.9 Å². The lowest BCUT2D eigenvalue weighted by molar-refractivity contribution is -0.317. The Morgan fingerprint density at radius 2 is 1.95 bits per heavy atom. The van der Waals surface area contributed by atoms with Gasteiger partial charge in [-0.15, -0.1) is 13.2 Å². The maximum atomic E-state index is 6.18. The molecule has 3 unspecified atom stereocenters. The van der Waals surface area contributed by atoms with E-state index in [1.165, 1.54) is 0 Å². The summed E-state index contributed by atoms with van der Waals surface area (Å²) >= 11 is 0. The van der Waals surface area contributed by atoms with Gasteiger partial charge in [-0.1, -0.05) is 12.2 Å². The van der Waals surface area contributed by atoms with Gasteiger partial charge in [-0.25, -0.2) is 0 Å². The lowest BCUT2D eigenvalue weighted by atomic mass is 9.83. The fourth-order valence-electron chi connectivity index (χ4n) is 2.83. The van der Waals surface area contributed by atoms with Crippen LogP contribution in [0.15, 0.2) is 25.3 Å². The Labute approximate surface area is 116 Å². The van der Waals surface area contributed by atoms with Crippen LogP contribution in [0.3, 0.4) is 0 Å². The van der Waals surface area contributed by atoms with E-state index >= 15 is 0 Å². The van der Waals surface area contributed by atoms with Crippen molar-refractivity contribution in [2.45, 2.75) is 43.9 Å². The quantitative estimate of drug-likeness (QED) is 0.502. The zero-order valence-electron chi connectivity index (χ0n) is 12.3. The second-order valence-corrected chi connectivity index (χ2v) is 4.91. The van der Waals surface area contributed by atoms with Crippen LogP contribution in [-0.2, 0) is 18.9 Å². The Morgan fingerprint density at radius 1 is 1.26 bits per heavy atom. The molecule has 0 amide bonds. The van der Waals surface area contributed by atoms with E-state index in [-0.39, 0.29) is 6.29 Å². The highest BCUT2D eigenvalue weighted by molar-refractivity contribution is 4.96. The number of ether oxygens (including phenoxy) is 4. The largest absolute Gasteiger partial charge is 0.356 e. The minimum atomic E-state index is -0.524. The van der Waals surface area contributed by atoms with Crippen molar-refractivity contribution < 1.29 is 18.9 Å². The monoisotopic (exact) mass is 270 g/mol. The minimum absolute atomic E-state index is 0.264. The molecule has 1 rings (SSSR count). The third kappa shape index (κ3) is 3.66.